The van der Waals surface area contributed by atoms with Gasteiger partial charge in [-0.15, -0.1) is 13.0 Å². The number of rotatable bonds is 5. The Hall–Kier alpha value is -0.0431. The van der Waals surface area contributed by atoms with E-state index in [1.54, 1.807) is 6.08 Å². The smallest absolute Gasteiger partial charge is 0.198 e. The van der Waals surface area contributed by atoms with Gasteiger partial charge in [0.1, 0.15) is 6.10 Å². The van der Waals surface area contributed by atoms with E-state index in [9.17, 15) is 0 Å². The zero-order valence-electron chi connectivity index (χ0n) is 7.64. The molecule has 0 bridgehead atoms. The summed E-state index contributed by atoms with van der Waals surface area (Å²) in [6.45, 7) is 7.90. The molecule has 0 aromatic heterocycles. The highest BCUT2D eigenvalue weighted by Gasteiger charge is 2.23. The molecule has 0 aromatic rings. The Labute approximate surface area is 84.5 Å². The molecule has 1 atom stereocenters. The fourth-order valence-corrected chi connectivity index (χ4v) is 2.11. The molecule has 0 aliphatic heterocycles. The van der Waals surface area contributed by atoms with Gasteiger partial charge in [-0.2, -0.15) is 0 Å². The summed E-state index contributed by atoms with van der Waals surface area (Å²) in [6.07, 6.45) is 7.74. The molecule has 0 amide bonds. The lowest BCUT2D eigenvalue weighted by Crippen LogP contribution is -2.37. The Morgan fingerprint density at radius 3 is 2.67 bits per heavy atom. The van der Waals surface area contributed by atoms with Crippen LogP contribution < -0.4 is 0 Å². The zero-order valence-corrected chi connectivity index (χ0v) is 10.2. The molecule has 0 saturated carbocycles. The lowest BCUT2D eigenvalue weighted by atomic mass is 10.3. The molecule has 0 aliphatic carbocycles. The fraction of sp³-hybridized carbons (Fsp3) is 0.556. The molecule has 0 N–H and O–H groups in total. The van der Waals surface area contributed by atoms with Crippen LogP contribution in [0, 0.1) is 12.3 Å². The van der Waals surface area contributed by atoms with E-state index in [-0.39, 0.29) is 6.10 Å². The number of alkyl halides is 1. The molecule has 3 heteroatoms. The molecule has 1 nitrogen and oxygen atoms in total. The third-order valence-electron chi connectivity index (χ3n) is 1.35. The van der Waals surface area contributed by atoms with Crippen molar-refractivity contribution < 1.29 is 4.43 Å². The highest BCUT2D eigenvalue weighted by Crippen LogP contribution is 2.12. The minimum atomic E-state index is -1.57. The van der Waals surface area contributed by atoms with E-state index >= 15 is 0 Å². The molecular formula is C9H15BrOSi. The maximum Gasteiger partial charge on any atom is 0.198 e. The van der Waals surface area contributed by atoms with Crippen molar-refractivity contribution in [3.8, 4) is 12.3 Å². The van der Waals surface area contributed by atoms with Gasteiger partial charge in [0, 0.05) is 11.4 Å². The number of halogens is 1. The van der Waals surface area contributed by atoms with Crippen molar-refractivity contribution in [3.05, 3.63) is 12.7 Å². The predicted molar refractivity (Wildman–Crippen MR) is 59.8 cm³/mol. The first kappa shape index (κ1) is 12.0. The molecule has 0 aromatic carbocycles. The van der Waals surface area contributed by atoms with Crippen molar-refractivity contribution in [1.82, 2.24) is 0 Å². The first-order valence-electron chi connectivity index (χ1n) is 3.86. The Balaban J connectivity index is 4.03. The standard InChI is InChI=1S/C9H15BrOSi/c1-5-7-9(6-2)11-12(3,4)8-10/h2,5,9H,1,7-8H2,3-4H3/t9-/m1/s1. The van der Waals surface area contributed by atoms with E-state index in [2.05, 4.69) is 41.5 Å². The van der Waals surface area contributed by atoms with Crippen LogP contribution in [0.1, 0.15) is 6.42 Å². The van der Waals surface area contributed by atoms with Crippen LogP contribution in [-0.4, -0.2) is 19.4 Å². The third kappa shape index (κ3) is 4.76. The van der Waals surface area contributed by atoms with Gasteiger partial charge in [-0.25, -0.2) is 0 Å². The van der Waals surface area contributed by atoms with Gasteiger partial charge < -0.3 is 4.43 Å². The molecule has 0 saturated heterocycles. The summed E-state index contributed by atoms with van der Waals surface area (Å²) >= 11 is 3.42. The molecule has 0 heterocycles. The molecule has 0 spiro atoms. The topological polar surface area (TPSA) is 9.23 Å². The highest BCUT2D eigenvalue weighted by molar-refractivity contribution is 9.09. The van der Waals surface area contributed by atoms with Gasteiger partial charge in [-0.05, 0) is 13.1 Å². The summed E-state index contributed by atoms with van der Waals surface area (Å²) in [5, 5.41) is 0. The Kier molecular flexibility index (Phi) is 5.56. The van der Waals surface area contributed by atoms with Crippen molar-refractivity contribution in [2.45, 2.75) is 25.6 Å². The van der Waals surface area contributed by atoms with E-state index < -0.39 is 8.32 Å². The largest absolute Gasteiger partial charge is 0.403 e. The summed E-state index contributed by atoms with van der Waals surface area (Å²) in [7, 11) is -1.57. The number of hydrogen-bond donors (Lipinski definition) is 0. The van der Waals surface area contributed by atoms with Gasteiger partial charge in [0.25, 0.3) is 0 Å². The van der Waals surface area contributed by atoms with Crippen LogP contribution in [-0.2, 0) is 4.43 Å². The van der Waals surface area contributed by atoms with Crippen LogP contribution in [0.2, 0.25) is 13.1 Å². The summed E-state index contributed by atoms with van der Waals surface area (Å²) in [5.41, 5.74) is 0. The van der Waals surface area contributed by atoms with Crippen LogP contribution in [0.4, 0.5) is 0 Å². The quantitative estimate of drug-likeness (QED) is 0.314. The van der Waals surface area contributed by atoms with Crippen LogP contribution in [0.3, 0.4) is 0 Å². The maximum atomic E-state index is 5.76. The van der Waals surface area contributed by atoms with Gasteiger partial charge in [-0.1, -0.05) is 27.9 Å². The van der Waals surface area contributed by atoms with E-state index in [0.717, 1.165) is 11.4 Å². The molecule has 68 valence electrons. The molecule has 0 rings (SSSR count). The van der Waals surface area contributed by atoms with Gasteiger partial charge in [-0.3, -0.25) is 0 Å². The van der Waals surface area contributed by atoms with E-state index in [1.165, 1.54) is 0 Å². The summed E-state index contributed by atoms with van der Waals surface area (Å²) in [4.78, 5) is 0.912. The second kappa shape index (κ2) is 5.58. The van der Waals surface area contributed by atoms with Crippen molar-refractivity contribution in [3.63, 3.8) is 0 Å². The lowest BCUT2D eigenvalue weighted by molar-refractivity contribution is 0.255. The van der Waals surface area contributed by atoms with Gasteiger partial charge in [0.05, 0.1) is 0 Å². The average Bonchev–Trinajstić information content (AvgIpc) is 2.03. The first-order valence-corrected chi connectivity index (χ1v) is 8.10. The monoisotopic (exact) mass is 246 g/mol. The molecular weight excluding hydrogens is 232 g/mol. The summed E-state index contributed by atoms with van der Waals surface area (Å²) < 4.78 is 5.76. The molecule has 0 aliphatic rings. The van der Waals surface area contributed by atoms with Crippen LogP contribution >= 0.6 is 15.9 Å². The van der Waals surface area contributed by atoms with Crippen molar-refractivity contribution in [1.29, 1.82) is 0 Å². The Bertz CT molecular complexity index is 183. The second-order valence-corrected chi connectivity index (χ2v) is 8.90. The number of terminal acetylenes is 1. The first-order chi connectivity index (χ1) is 5.55. The molecule has 0 fully saturated rings. The minimum Gasteiger partial charge on any atom is -0.403 e. The Morgan fingerprint density at radius 2 is 2.33 bits per heavy atom. The van der Waals surface area contributed by atoms with E-state index in [0.29, 0.717) is 0 Å². The highest BCUT2D eigenvalue weighted by atomic mass is 79.9. The van der Waals surface area contributed by atoms with Gasteiger partial charge in [0.15, 0.2) is 8.32 Å². The van der Waals surface area contributed by atoms with Crippen molar-refractivity contribution in [2.24, 2.45) is 0 Å². The SMILES string of the molecule is C#C[C@H](CC=C)O[Si](C)(C)CBr. The second-order valence-electron chi connectivity index (χ2n) is 3.19. The van der Waals surface area contributed by atoms with Gasteiger partial charge in [0.2, 0.25) is 0 Å². The summed E-state index contributed by atoms with van der Waals surface area (Å²) in [6, 6.07) is 0. The maximum absolute atomic E-state index is 5.76. The van der Waals surface area contributed by atoms with Crippen LogP contribution in [0.15, 0.2) is 12.7 Å². The molecule has 0 radical (unpaired) electrons. The predicted octanol–water partition coefficient (Wildman–Crippen LogP) is 2.72. The van der Waals surface area contributed by atoms with E-state index in [4.69, 9.17) is 10.8 Å². The zero-order chi connectivity index (χ0) is 9.61. The molecule has 12 heavy (non-hydrogen) atoms. The fourth-order valence-electron chi connectivity index (χ4n) is 0.718. The molecule has 0 unspecified atom stereocenters. The normalized spacial score (nSPS) is 13.5. The van der Waals surface area contributed by atoms with Crippen molar-refractivity contribution >= 4 is 24.2 Å². The lowest BCUT2D eigenvalue weighted by Gasteiger charge is -2.23. The van der Waals surface area contributed by atoms with Crippen LogP contribution in [0.25, 0.3) is 0 Å². The Morgan fingerprint density at radius 1 is 1.75 bits per heavy atom. The average molecular weight is 247 g/mol. The number of hydrogen-bond acceptors (Lipinski definition) is 1. The van der Waals surface area contributed by atoms with Crippen molar-refractivity contribution in [2.75, 3.05) is 4.95 Å². The summed E-state index contributed by atoms with van der Waals surface area (Å²) in [5.74, 6) is 2.61. The third-order valence-corrected chi connectivity index (χ3v) is 6.97. The van der Waals surface area contributed by atoms with E-state index in [1.807, 2.05) is 0 Å². The minimum absolute atomic E-state index is 0.0956. The van der Waals surface area contributed by atoms with Gasteiger partial charge >= 0.3 is 0 Å². The van der Waals surface area contributed by atoms with Crippen LogP contribution in [0.5, 0.6) is 0 Å².